The molecule has 40 heavy (non-hydrogen) atoms. The highest BCUT2D eigenvalue weighted by Crippen LogP contribution is 2.17. The van der Waals surface area contributed by atoms with E-state index in [9.17, 15) is 9.59 Å². The fraction of sp³-hybridized carbons (Fsp3) is 0.379. The number of ether oxygens (including phenoxy) is 1. The topological polar surface area (TPSA) is 145 Å². The molecule has 0 aliphatic heterocycles. The van der Waals surface area contributed by atoms with Gasteiger partial charge in [-0.1, -0.05) is 54.1 Å². The van der Waals surface area contributed by atoms with Crippen LogP contribution in [0.15, 0.2) is 54.6 Å². The van der Waals surface area contributed by atoms with Gasteiger partial charge in [-0.2, -0.15) is 0 Å². The zero-order valence-corrected chi connectivity index (χ0v) is 23.9. The van der Waals surface area contributed by atoms with Crippen LogP contribution in [-0.2, 0) is 17.8 Å². The van der Waals surface area contributed by atoms with Crippen LogP contribution in [0.1, 0.15) is 40.9 Å². The molecule has 0 saturated heterocycles. The monoisotopic (exact) mass is 568 g/mol. The number of nitrogens with one attached hydrogen (secondary N) is 2. The van der Waals surface area contributed by atoms with Crippen molar-refractivity contribution in [1.82, 2.24) is 20.6 Å². The van der Waals surface area contributed by atoms with Gasteiger partial charge in [0.05, 0.1) is 40.2 Å². The number of hydrogen-bond acceptors (Lipinski definition) is 7. The van der Waals surface area contributed by atoms with Crippen LogP contribution < -0.4 is 26.8 Å². The number of quaternary nitrogens is 1. The molecule has 3 rings (SSSR count). The van der Waals surface area contributed by atoms with Gasteiger partial charge >= 0.3 is 0 Å². The third-order valence-corrected chi connectivity index (χ3v) is 6.70. The molecule has 0 unspecified atom stereocenters. The van der Waals surface area contributed by atoms with Crippen molar-refractivity contribution in [3.63, 3.8) is 0 Å². The Morgan fingerprint density at radius 1 is 0.850 bits per heavy atom. The Bertz CT molecular complexity index is 1250. The molecule has 11 heteroatoms. The van der Waals surface area contributed by atoms with Crippen LogP contribution in [0.2, 0.25) is 5.15 Å². The molecule has 0 aliphatic carbocycles. The molecule has 0 bridgehead atoms. The molecular weight excluding hydrogens is 530 g/mol. The summed E-state index contributed by atoms with van der Waals surface area (Å²) >= 11 is 5.85. The maximum Gasteiger partial charge on any atom is 0.273 e. The highest BCUT2D eigenvalue weighted by Gasteiger charge is 2.18. The number of hydrogen-bond donors (Lipinski definition) is 4. The summed E-state index contributed by atoms with van der Waals surface area (Å²) in [6.07, 6.45) is 3.25. The molecule has 10 nitrogen and oxygen atoms in total. The van der Waals surface area contributed by atoms with Gasteiger partial charge in [-0.05, 0) is 42.5 Å². The Labute approximate surface area is 240 Å². The van der Waals surface area contributed by atoms with Crippen molar-refractivity contribution >= 4 is 35.1 Å². The average molecular weight is 569 g/mol. The van der Waals surface area contributed by atoms with Gasteiger partial charge in [-0.3, -0.25) is 9.59 Å². The summed E-state index contributed by atoms with van der Waals surface area (Å²) in [6.45, 7) is 3.28. The highest BCUT2D eigenvalue weighted by atomic mass is 35.5. The number of nitrogens with two attached hydrogens (primary N) is 2. The summed E-state index contributed by atoms with van der Waals surface area (Å²) in [6, 6.07) is 17.6. The Kier molecular flexibility index (Phi) is 11.5. The van der Waals surface area contributed by atoms with E-state index in [2.05, 4.69) is 34.7 Å². The van der Waals surface area contributed by atoms with Gasteiger partial charge in [0, 0.05) is 6.54 Å². The smallest absolute Gasteiger partial charge is 0.273 e. The fourth-order valence-electron chi connectivity index (χ4n) is 4.04. The van der Waals surface area contributed by atoms with E-state index < -0.39 is 5.91 Å². The molecule has 214 valence electrons. The number of benzene rings is 2. The van der Waals surface area contributed by atoms with Gasteiger partial charge in [0.2, 0.25) is 5.91 Å². The summed E-state index contributed by atoms with van der Waals surface area (Å²) in [7, 11) is 4.22. The second-order valence-electron chi connectivity index (χ2n) is 10.3. The molecule has 6 N–H and O–H groups in total. The number of nitrogen functional groups attached to an aromatic ring is 2. The van der Waals surface area contributed by atoms with Crippen molar-refractivity contribution in [2.45, 2.75) is 32.3 Å². The predicted molar refractivity (Wildman–Crippen MR) is 158 cm³/mol. The average Bonchev–Trinajstić information content (AvgIpc) is 2.92. The maximum atomic E-state index is 12.4. The van der Waals surface area contributed by atoms with Gasteiger partial charge in [0.15, 0.2) is 22.5 Å². The summed E-state index contributed by atoms with van der Waals surface area (Å²) < 4.78 is 6.54. The van der Waals surface area contributed by atoms with Crippen molar-refractivity contribution in [2.75, 3.05) is 51.7 Å². The lowest BCUT2D eigenvalue weighted by molar-refractivity contribution is -0.889. The number of carbonyl (C=O) groups excluding carboxylic acids is 2. The molecule has 0 atom stereocenters. The van der Waals surface area contributed by atoms with Gasteiger partial charge in [-0.15, -0.1) is 0 Å². The number of aromatic nitrogens is 2. The van der Waals surface area contributed by atoms with Crippen LogP contribution in [0.3, 0.4) is 0 Å². The lowest BCUT2D eigenvalue weighted by Gasteiger charge is -2.30. The number of nitrogens with zero attached hydrogens (tertiary/aromatic N) is 3. The molecule has 0 fully saturated rings. The van der Waals surface area contributed by atoms with E-state index in [1.54, 1.807) is 0 Å². The van der Waals surface area contributed by atoms with E-state index in [4.69, 9.17) is 27.8 Å². The second kappa shape index (κ2) is 15.0. The number of amides is 2. The molecule has 1 aromatic heterocycles. The standard InChI is InChI=1S/C29H38ClN7O3/c1-37(2,18-16-34-29(39)25-27(31)36-28(32)26(30)35-25)17-8-4-7-15-33-24(38)19-21-11-13-23(14-12-21)40-20-22-9-5-3-6-10-22/h3,5-6,9-14H,4,7-8,15-20H2,1-2H3,(H5-,31,32,33,34,36,38,39)/p+1. The molecule has 0 aliphatic rings. The van der Waals surface area contributed by atoms with Crippen LogP contribution in [0.5, 0.6) is 5.75 Å². The Balaban J connectivity index is 1.25. The summed E-state index contributed by atoms with van der Waals surface area (Å²) in [4.78, 5) is 32.4. The van der Waals surface area contributed by atoms with Gasteiger partial charge < -0.3 is 31.3 Å². The first-order valence-corrected chi connectivity index (χ1v) is 13.7. The first-order valence-electron chi connectivity index (χ1n) is 13.3. The normalized spacial score (nSPS) is 11.2. The lowest BCUT2D eigenvalue weighted by atomic mass is 10.1. The first-order chi connectivity index (χ1) is 19.1. The lowest BCUT2D eigenvalue weighted by Crippen LogP contribution is -2.46. The van der Waals surface area contributed by atoms with E-state index in [1.807, 2.05) is 54.6 Å². The third kappa shape index (κ3) is 10.3. The van der Waals surface area contributed by atoms with E-state index in [-0.39, 0.29) is 28.4 Å². The maximum absolute atomic E-state index is 12.4. The summed E-state index contributed by atoms with van der Waals surface area (Å²) in [5.74, 6) is 0.292. The van der Waals surface area contributed by atoms with Crippen LogP contribution in [0, 0.1) is 0 Å². The minimum absolute atomic E-state index is 0.0105. The zero-order chi connectivity index (χ0) is 29.0. The van der Waals surface area contributed by atoms with Crippen LogP contribution >= 0.6 is 11.6 Å². The quantitative estimate of drug-likeness (QED) is 0.163. The Hall–Kier alpha value is -3.89. The van der Waals surface area contributed by atoms with Crippen molar-refractivity contribution in [3.8, 4) is 5.75 Å². The number of halogens is 1. The number of anilines is 2. The van der Waals surface area contributed by atoms with Crippen molar-refractivity contribution < 1.29 is 18.8 Å². The van der Waals surface area contributed by atoms with E-state index >= 15 is 0 Å². The van der Waals surface area contributed by atoms with Gasteiger partial charge in [-0.25, -0.2) is 9.97 Å². The van der Waals surface area contributed by atoms with Crippen molar-refractivity contribution in [2.24, 2.45) is 0 Å². The molecule has 3 aromatic rings. The van der Waals surface area contributed by atoms with Crippen LogP contribution in [0.25, 0.3) is 0 Å². The minimum atomic E-state index is -0.435. The fourth-order valence-corrected chi connectivity index (χ4v) is 4.16. The highest BCUT2D eigenvalue weighted by molar-refractivity contribution is 6.31. The second-order valence-corrected chi connectivity index (χ2v) is 10.6. The Morgan fingerprint density at radius 3 is 2.30 bits per heavy atom. The van der Waals surface area contributed by atoms with E-state index in [1.165, 1.54) is 0 Å². The largest absolute Gasteiger partial charge is 0.489 e. The van der Waals surface area contributed by atoms with Gasteiger partial charge in [0.25, 0.3) is 5.91 Å². The minimum Gasteiger partial charge on any atom is -0.489 e. The molecule has 0 saturated carbocycles. The molecule has 0 radical (unpaired) electrons. The van der Waals surface area contributed by atoms with Crippen LogP contribution in [0.4, 0.5) is 11.6 Å². The summed E-state index contributed by atoms with van der Waals surface area (Å²) in [5.41, 5.74) is 13.3. The molecule has 2 amide bonds. The summed E-state index contributed by atoms with van der Waals surface area (Å²) in [5, 5.41) is 5.76. The van der Waals surface area contributed by atoms with E-state index in [0.29, 0.717) is 26.1 Å². The SMILES string of the molecule is C[N+](C)(CCCCCNC(=O)Cc1ccc(OCc2ccccc2)cc1)CCNC(=O)c1nc(Cl)c(N)nc1N. The van der Waals surface area contributed by atoms with Crippen molar-refractivity contribution in [1.29, 1.82) is 0 Å². The number of unbranched alkanes of at least 4 members (excludes halogenated alkanes) is 2. The first kappa shape index (κ1) is 30.6. The van der Waals surface area contributed by atoms with E-state index in [0.717, 1.165) is 53.7 Å². The Morgan fingerprint density at radius 2 is 1.57 bits per heavy atom. The third-order valence-electron chi connectivity index (χ3n) is 6.42. The molecular formula is C29H39ClN7O3+. The number of carbonyl (C=O) groups is 2. The van der Waals surface area contributed by atoms with Crippen molar-refractivity contribution in [3.05, 3.63) is 76.6 Å². The number of likely N-dealkylation sites (N-methyl/N-ethyl adjacent to an activating group) is 1. The number of rotatable bonds is 15. The predicted octanol–water partition coefficient (Wildman–Crippen LogP) is 3.21. The van der Waals surface area contributed by atoms with Gasteiger partial charge in [0.1, 0.15) is 12.4 Å². The zero-order valence-electron chi connectivity index (χ0n) is 23.2. The van der Waals surface area contributed by atoms with Crippen LogP contribution in [-0.4, -0.2) is 66.5 Å². The molecule has 2 aromatic carbocycles. The molecule has 0 spiro atoms. The molecule has 1 heterocycles.